The third-order valence-corrected chi connectivity index (χ3v) is 6.35. The zero-order valence-electron chi connectivity index (χ0n) is 16.9. The number of nitrogens with zero attached hydrogens (tertiary/aromatic N) is 3. The van der Waals surface area contributed by atoms with Crippen LogP contribution in [0.2, 0.25) is 0 Å². The van der Waals surface area contributed by atoms with Gasteiger partial charge in [0.25, 0.3) is 0 Å². The maximum absolute atomic E-state index is 12.6. The third kappa shape index (κ3) is 4.61. The molecular weight excluding hydrogens is 368 g/mol. The molecule has 1 aromatic carbocycles. The number of carbonyl (C=O) groups is 1. The van der Waals surface area contributed by atoms with E-state index in [2.05, 4.69) is 15.3 Å². The van der Waals surface area contributed by atoms with Gasteiger partial charge in [-0.15, -0.1) is 5.10 Å². The molecule has 1 saturated heterocycles. The summed E-state index contributed by atoms with van der Waals surface area (Å²) >= 11 is 0. The van der Waals surface area contributed by atoms with E-state index >= 15 is 0 Å². The summed E-state index contributed by atoms with van der Waals surface area (Å²) in [5.74, 6) is -0.565. The van der Waals surface area contributed by atoms with Crippen molar-refractivity contribution in [2.45, 2.75) is 63.5 Å². The van der Waals surface area contributed by atoms with Crippen molar-refractivity contribution < 1.29 is 9.21 Å². The smallest absolute Gasteiger partial charge is 0.388 e. The Balaban J connectivity index is 1.40. The number of hydrogen-bond donors (Lipinski definition) is 1. The maximum atomic E-state index is 12.6. The van der Waals surface area contributed by atoms with Gasteiger partial charge in [-0.3, -0.25) is 9.69 Å². The molecule has 1 N–H and O–H groups in total. The number of likely N-dealkylation sites (tertiary alicyclic amines) is 1. The zero-order valence-corrected chi connectivity index (χ0v) is 16.9. The van der Waals surface area contributed by atoms with Crippen molar-refractivity contribution in [1.29, 1.82) is 0 Å². The highest BCUT2D eigenvalue weighted by Crippen LogP contribution is 2.35. The Kier molecular flexibility index (Phi) is 6.13. The number of piperidine rings is 1. The fraction of sp³-hybridized carbons (Fsp3) is 0.591. The van der Waals surface area contributed by atoms with Crippen molar-refractivity contribution >= 4 is 5.91 Å². The van der Waals surface area contributed by atoms with Crippen molar-refractivity contribution in [1.82, 2.24) is 20.0 Å². The summed E-state index contributed by atoms with van der Waals surface area (Å²) in [6.45, 7) is 2.77. The highest BCUT2D eigenvalue weighted by atomic mass is 16.4. The second-order valence-corrected chi connectivity index (χ2v) is 8.31. The van der Waals surface area contributed by atoms with Gasteiger partial charge in [0, 0.05) is 17.6 Å². The second-order valence-electron chi connectivity index (χ2n) is 8.31. The van der Waals surface area contributed by atoms with Crippen LogP contribution in [0.25, 0.3) is 11.5 Å². The van der Waals surface area contributed by atoms with Crippen LogP contribution < -0.4 is 11.1 Å². The quantitative estimate of drug-likeness (QED) is 0.809. The van der Waals surface area contributed by atoms with Gasteiger partial charge < -0.3 is 9.73 Å². The predicted molar refractivity (Wildman–Crippen MR) is 110 cm³/mol. The minimum absolute atomic E-state index is 0.0678. The number of hydrogen-bond acceptors (Lipinski definition) is 5. The summed E-state index contributed by atoms with van der Waals surface area (Å²) in [7, 11) is 0. The van der Waals surface area contributed by atoms with Crippen molar-refractivity contribution in [2.24, 2.45) is 0 Å². The van der Waals surface area contributed by atoms with Crippen LogP contribution in [0, 0.1) is 0 Å². The molecule has 2 fully saturated rings. The molecule has 0 spiro atoms. The van der Waals surface area contributed by atoms with Crippen molar-refractivity contribution in [3.05, 3.63) is 40.9 Å². The molecular formula is C22H30N4O3. The van der Waals surface area contributed by atoms with Crippen LogP contribution in [0.5, 0.6) is 0 Å². The van der Waals surface area contributed by atoms with E-state index in [0.717, 1.165) is 36.2 Å². The molecule has 2 heterocycles. The van der Waals surface area contributed by atoms with E-state index < -0.39 is 5.76 Å². The number of amides is 1. The lowest BCUT2D eigenvalue weighted by Crippen LogP contribution is -2.58. The number of rotatable bonds is 6. The van der Waals surface area contributed by atoms with E-state index in [4.69, 9.17) is 4.42 Å². The number of benzene rings is 1. The van der Waals surface area contributed by atoms with E-state index in [0.29, 0.717) is 6.54 Å². The molecule has 1 aliphatic carbocycles. The van der Waals surface area contributed by atoms with Gasteiger partial charge in [0.2, 0.25) is 11.8 Å². The normalized spacial score (nSPS) is 19.7. The van der Waals surface area contributed by atoms with Gasteiger partial charge in [0.15, 0.2) is 0 Å². The van der Waals surface area contributed by atoms with E-state index in [9.17, 15) is 9.59 Å². The van der Waals surface area contributed by atoms with Crippen molar-refractivity contribution in [3.8, 4) is 11.5 Å². The molecule has 0 radical (unpaired) electrons. The fourth-order valence-electron chi connectivity index (χ4n) is 4.74. The molecule has 1 aliphatic heterocycles. The molecule has 0 unspecified atom stereocenters. The molecule has 4 rings (SSSR count). The Bertz CT molecular complexity index is 862. The molecule has 7 heteroatoms. The highest BCUT2D eigenvalue weighted by molar-refractivity contribution is 5.75. The van der Waals surface area contributed by atoms with Crippen molar-refractivity contribution in [3.63, 3.8) is 0 Å². The van der Waals surface area contributed by atoms with Crippen LogP contribution in [0.4, 0.5) is 0 Å². The van der Waals surface area contributed by atoms with Gasteiger partial charge >= 0.3 is 5.76 Å². The van der Waals surface area contributed by atoms with E-state index in [1.165, 1.54) is 38.5 Å². The van der Waals surface area contributed by atoms with E-state index in [1.54, 1.807) is 0 Å². The molecule has 2 aliphatic rings. The fourth-order valence-corrected chi connectivity index (χ4v) is 4.74. The molecule has 156 valence electrons. The molecule has 2 aromatic rings. The number of carbonyl (C=O) groups excluding carboxylic acids is 1. The zero-order chi connectivity index (χ0) is 20.1. The lowest BCUT2D eigenvalue weighted by Gasteiger charge is -2.48. The summed E-state index contributed by atoms with van der Waals surface area (Å²) in [5, 5.41) is 7.28. The number of nitrogens with one attached hydrogen (secondary N) is 1. The molecule has 0 atom stereocenters. The molecule has 0 bridgehead atoms. The van der Waals surface area contributed by atoms with Crippen LogP contribution >= 0.6 is 0 Å². The van der Waals surface area contributed by atoms with Crippen LogP contribution in [-0.4, -0.2) is 45.8 Å². The number of aromatic nitrogens is 2. The first-order valence-electron chi connectivity index (χ1n) is 10.8. The molecule has 1 saturated carbocycles. The third-order valence-electron chi connectivity index (χ3n) is 6.35. The van der Waals surface area contributed by atoms with Gasteiger partial charge in [-0.1, -0.05) is 43.9 Å². The SMILES string of the molecule is O=C(Cn1nc(-c2ccccc2)oc1=O)NCC1(N2CCCCC2)CCCCC1. The average Bonchev–Trinajstić information content (AvgIpc) is 3.14. The molecule has 29 heavy (non-hydrogen) atoms. The Hall–Kier alpha value is -2.41. The van der Waals surface area contributed by atoms with Crippen LogP contribution in [0.3, 0.4) is 0 Å². The molecule has 7 nitrogen and oxygen atoms in total. The van der Waals surface area contributed by atoms with Gasteiger partial charge in [0.1, 0.15) is 6.54 Å². The van der Waals surface area contributed by atoms with E-state index in [-0.39, 0.29) is 23.9 Å². The second kappa shape index (κ2) is 8.95. The lowest BCUT2D eigenvalue weighted by molar-refractivity contribution is -0.123. The van der Waals surface area contributed by atoms with Crippen LogP contribution in [0.1, 0.15) is 51.4 Å². The van der Waals surface area contributed by atoms with Gasteiger partial charge in [0.05, 0.1) is 0 Å². The monoisotopic (exact) mass is 398 g/mol. The predicted octanol–water partition coefficient (Wildman–Crippen LogP) is 2.81. The van der Waals surface area contributed by atoms with Crippen molar-refractivity contribution in [2.75, 3.05) is 19.6 Å². The maximum Gasteiger partial charge on any atom is 0.437 e. The summed E-state index contributed by atoms with van der Waals surface area (Å²) in [6.07, 6.45) is 9.77. The lowest BCUT2D eigenvalue weighted by atomic mass is 9.79. The Morgan fingerprint density at radius 1 is 1.03 bits per heavy atom. The summed E-state index contributed by atoms with van der Waals surface area (Å²) in [4.78, 5) is 27.3. The first kappa shape index (κ1) is 19.9. The Labute approximate surface area is 171 Å². The summed E-state index contributed by atoms with van der Waals surface area (Å²) < 4.78 is 6.32. The Morgan fingerprint density at radius 2 is 1.72 bits per heavy atom. The van der Waals surface area contributed by atoms with Gasteiger partial charge in [-0.25, -0.2) is 4.79 Å². The van der Waals surface area contributed by atoms with E-state index in [1.807, 2.05) is 30.3 Å². The topological polar surface area (TPSA) is 80.4 Å². The Morgan fingerprint density at radius 3 is 2.45 bits per heavy atom. The van der Waals surface area contributed by atoms with Crippen LogP contribution in [0.15, 0.2) is 39.5 Å². The largest absolute Gasteiger partial charge is 0.437 e. The highest BCUT2D eigenvalue weighted by Gasteiger charge is 2.38. The van der Waals surface area contributed by atoms with Crippen LogP contribution in [-0.2, 0) is 11.3 Å². The standard InChI is InChI=1S/C22H30N4O3/c27-19(16-26-21(28)29-20(24-26)18-10-4-1-5-11-18)23-17-22(12-6-2-7-13-22)25-14-8-3-9-15-25/h1,4-5,10-11H,2-3,6-9,12-17H2,(H,23,27). The van der Waals surface area contributed by atoms with Gasteiger partial charge in [-0.05, 0) is 50.9 Å². The molecule has 1 aromatic heterocycles. The first-order chi connectivity index (χ1) is 14.2. The summed E-state index contributed by atoms with van der Waals surface area (Å²) in [6, 6.07) is 9.23. The van der Waals surface area contributed by atoms with Gasteiger partial charge in [-0.2, -0.15) is 4.68 Å². The average molecular weight is 399 g/mol. The minimum atomic E-state index is -0.609. The minimum Gasteiger partial charge on any atom is -0.388 e. The first-order valence-corrected chi connectivity index (χ1v) is 10.8. The molecule has 1 amide bonds. The summed E-state index contributed by atoms with van der Waals surface area (Å²) in [5.41, 5.74) is 0.785.